The first-order valence-electron chi connectivity index (χ1n) is 11.6. The predicted molar refractivity (Wildman–Crippen MR) is 117 cm³/mol. The highest BCUT2D eigenvalue weighted by Crippen LogP contribution is 2.26. The Hall–Kier alpha value is -2.15. The Bertz CT molecular complexity index is 684. The Balaban J connectivity index is 1.85. The number of allylic oxidation sites excluding steroid dienone is 2. The lowest BCUT2D eigenvalue weighted by Gasteiger charge is -2.30. The number of carbonyl (C=O) groups is 3. The molecule has 0 spiro atoms. The molecule has 0 aromatic heterocycles. The van der Waals surface area contributed by atoms with Gasteiger partial charge in [0.1, 0.15) is 12.4 Å². The van der Waals surface area contributed by atoms with Crippen LogP contribution in [0.25, 0.3) is 0 Å². The van der Waals surface area contributed by atoms with Gasteiger partial charge in [0.15, 0.2) is 11.9 Å². The van der Waals surface area contributed by atoms with Crippen molar-refractivity contribution in [3.63, 3.8) is 0 Å². The molecule has 0 saturated carbocycles. The van der Waals surface area contributed by atoms with Crippen LogP contribution in [0.4, 0.5) is 4.79 Å². The van der Waals surface area contributed by atoms with E-state index in [1.807, 2.05) is 19.9 Å². The van der Waals surface area contributed by atoms with Crippen molar-refractivity contribution < 1.29 is 29.0 Å². The van der Waals surface area contributed by atoms with Crippen LogP contribution in [-0.2, 0) is 19.1 Å². The lowest BCUT2D eigenvalue weighted by atomic mass is 9.95. The Morgan fingerprint density at radius 1 is 1.10 bits per heavy atom. The highest BCUT2D eigenvalue weighted by molar-refractivity contribution is 6.01. The zero-order chi connectivity index (χ0) is 22.8. The normalized spacial score (nSPS) is 23.4. The number of ether oxygens (including phenoxy) is 2. The highest BCUT2D eigenvalue weighted by atomic mass is 16.6. The number of rotatable bonds is 12. The third-order valence-electron chi connectivity index (χ3n) is 5.92. The summed E-state index contributed by atoms with van der Waals surface area (Å²) in [6.45, 7) is 5.94. The molecular weight excluding hydrogens is 398 g/mol. The molecule has 7 heteroatoms. The summed E-state index contributed by atoms with van der Waals surface area (Å²) >= 11 is 0. The summed E-state index contributed by atoms with van der Waals surface area (Å²) in [6.07, 6.45) is 11.9. The SMILES string of the molecule is CC(C)[C@@H]1COC(=O)N1C(=O)[C@H](C)[C@H]1OC(=CCCCCCCCCCO)C=CC1=O. The van der Waals surface area contributed by atoms with Gasteiger partial charge in [-0.2, -0.15) is 0 Å². The average molecular weight is 436 g/mol. The monoisotopic (exact) mass is 435 g/mol. The van der Waals surface area contributed by atoms with Crippen LogP contribution in [-0.4, -0.2) is 53.1 Å². The van der Waals surface area contributed by atoms with Gasteiger partial charge in [-0.05, 0) is 50.3 Å². The number of imide groups is 1. The topological polar surface area (TPSA) is 93.1 Å². The Labute approximate surface area is 185 Å². The minimum atomic E-state index is -0.934. The first kappa shape index (κ1) is 25.1. The van der Waals surface area contributed by atoms with Gasteiger partial charge in [0.05, 0.1) is 12.0 Å². The summed E-state index contributed by atoms with van der Waals surface area (Å²) < 4.78 is 10.9. The van der Waals surface area contributed by atoms with Crippen LogP contribution in [0.5, 0.6) is 0 Å². The minimum absolute atomic E-state index is 0.0654. The van der Waals surface area contributed by atoms with Gasteiger partial charge in [-0.1, -0.05) is 46.0 Å². The highest BCUT2D eigenvalue weighted by Gasteiger charge is 2.44. The number of aliphatic hydroxyl groups excluding tert-OH is 1. The minimum Gasteiger partial charge on any atom is -0.482 e. The van der Waals surface area contributed by atoms with Gasteiger partial charge in [-0.15, -0.1) is 0 Å². The summed E-state index contributed by atoms with van der Waals surface area (Å²) in [4.78, 5) is 38.6. The number of unbranched alkanes of at least 4 members (excludes halogenated alkanes) is 7. The lowest BCUT2D eigenvalue weighted by Crippen LogP contribution is -2.48. The molecule has 0 aromatic carbocycles. The number of ketones is 1. The van der Waals surface area contributed by atoms with Crippen LogP contribution in [0.15, 0.2) is 24.0 Å². The van der Waals surface area contributed by atoms with E-state index in [0.717, 1.165) is 43.4 Å². The molecule has 1 N–H and O–H groups in total. The zero-order valence-electron chi connectivity index (χ0n) is 19.0. The van der Waals surface area contributed by atoms with Crippen molar-refractivity contribution in [2.45, 2.75) is 84.3 Å². The third-order valence-corrected chi connectivity index (χ3v) is 5.92. The lowest BCUT2D eigenvalue weighted by molar-refractivity contribution is -0.143. The molecule has 0 radical (unpaired) electrons. The molecule has 2 heterocycles. The first-order chi connectivity index (χ1) is 14.9. The van der Waals surface area contributed by atoms with E-state index in [2.05, 4.69) is 0 Å². The number of hydrogen-bond acceptors (Lipinski definition) is 6. The molecule has 2 amide bonds. The van der Waals surface area contributed by atoms with E-state index in [0.29, 0.717) is 5.76 Å². The summed E-state index contributed by atoms with van der Waals surface area (Å²) in [7, 11) is 0. The van der Waals surface area contributed by atoms with Crippen LogP contribution in [0.2, 0.25) is 0 Å². The summed E-state index contributed by atoms with van der Waals surface area (Å²) in [6, 6.07) is -0.324. The van der Waals surface area contributed by atoms with Crippen molar-refractivity contribution in [2.75, 3.05) is 13.2 Å². The second-order valence-electron chi connectivity index (χ2n) is 8.75. The molecule has 0 bridgehead atoms. The quantitative estimate of drug-likeness (QED) is 0.463. The molecule has 31 heavy (non-hydrogen) atoms. The van der Waals surface area contributed by atoms with E-state index in [1.54, 1.807) is 13.0 Å². The fourth-order valence-corrected chi connectivity index (χ4v) is 3.88. The number of amides is 2. The Kier molecular flexibility index (Phi) is 10.2. The second-order valence-corrected chi connectivity index (χ2v) is 8.75. The summed E-state index contributed by atoms with van der Waals surface area (Å²) in [5.41, 5.74) is 0. The first-order valence-corrected chi connectivity index (χ1v) is 11.6. The number of carbonyl (C=O) groups excluding carboxylic acids is 3. The molecule has 1 fully saturated rings. The van der Waals surface area contributed by atoms with Gasteiger partial charge in [0.25, 0.3) is 0 Å². The predicted octanol–water partition coefficient (Wildman–Crippen LogP) is 4.15. The van der Waals surface area contributed by atoms with Crippen LogP contribution >= 0.6 is 0 Å². The van der Waals surface area contributed by atoms with E-state index in [-0.39, 0.29) is 31.0 Å². The summed E-state index contributed by atoms with van der Waals surface area (Å²) in [5, 5.41) is 8.78. The van der Waals surface area contributed by atoms with Crippen LogP contribution < -0.4 is 0 Å². The van der Waals surface area contributed by atoms with Gasteiger partial charge < -0.3 is 14.6 Å². The van der Waals surface area contributed by atoms with Gasteiger partial charge in [-0.3, -0.25) is 9.59 Å². The van der Waals surface area contributed by atoms with Gasteiger partial charge >= 0.3 is 6.09 Å². The molecule has 3 atom stereocenters. The van der Waals surface area contributed by atoms with E-state index in [1.165, 1.54) is 18.9 Å². The van der Waals surface area contributed by atoms with E-state index < -0.39 is 24.0 Å². The van der Waals surface area contributed by atoms with Crippen molar-refractivity contribution in [3.05, 3.63) is 24.0 Å². The molecule has 2 aliphatic rings. The molecule has 0 unspecified atom stereocenters. The van der Waals surface area contributed by atoms with Crippen LogP contribution in [0.3, 0.4) is 0 Å². The van der Waals surface area contributed by atoms with Crippen LogP contribution in [0.1, 0.15) is 72.1 Å². The smallest absolute Gasteiger partial charge is 0.416 e. The van der Waals surface area contributed by atoms with Crippen molar-refractivity contribution >= 4 is 17.8 Å². The molecule has 2 aliphatic heterocycles. The molecule has 1 saturated heterocycles. The van der Waals surface area contributed by atoms with Crippen LogP contribution in [0, 0.1) is 11.8 Å². The molecule has 7 nitrogen and oxygen atoms in total. The zero-order valence-corrected chi connectivity index (χ0v) is 19.0. The molecule has 0 aromatic rings. The molecule has 2 rings (SSSR count). The average Bonchev–Trinajstić information content (AvgIpc) is 3.14. The van der Waals surface area contributed by atoms with Crippen molar-refractivity contribution in [2.24, 2.45) is 11.8 Å². The number of cyclic esters (lactones) is 1. The van der Waals surface area contributed by atoms with E-state index >= 15 is 0 Å². The van der Waals surface area contributed by atoms with Crippen molar-refractivity contribution in [3.8, 4) is 0 Å². The van der Waals surface area contributed by atoms with Gasteiger partial charge in [0.2, 0.25) is 5.91 Å². The molecular formula is C24H37NO6. The maximum Gasteiger partial charge on any atom is 0.416 e. The van der Waals surface area contributed by atoms with E-state index in [4.69, 9.17) is 14.6 Å². The number of aliphatic hydroxyl groups is 1. The summed E-state index contributed by atoms with van der Waals surface area (Å²) in [5.74, 6) is -0.830. The van der Waals surface area contributed by atoms with Gasteiger partial charge in [-0.25, -0.2) is 9.69 Å². The maximum atomic E-state index is 13.0. The maximum absolute atomic E-state index is 13.0. The fourth-order valence-electron chi connectivity index (χ4n) is 3.88. The van der Waals surface area contributed by atoms with Crippen molar-refractivity contribution in [1.29, 1.82) is 0 Å². The largest absolute Gasteiger partial charge is 0.482 e. The third kappa shape index (κ3) is 7.20. The second kappa shape index (κ2) is 12.6. The molecule has 174 valence electrons. The van der Waals surface area contributed by atoms with E-state index in [9.17, 15) is 14.4 Å². The number of hydrogen-bond donors (Lipinski definition) is 1. The van der Waals surface area contributed by atoms with Gasteiger partial charge in [0, 0.05) is 6.61 Å². The standard InChI is InChI=1S/C24H37NO6/c1-17(2)20-16-30-24(29)25(20)23(28)18(3)22-21(27)14-13-19(31-22)12-10-8-6-4-5-7-9-11-15-26/h12-14,17-18,20,22,26H,4-11,15-16H2,1-3H3/t18-,20+,22-/m1/s1. The Morgan fingerprint density at radius 2 is 1.74 bits per heavy atom. The number of nitrogens with zero attached hydrogens (tertiary/aromatic N) is 1. The Morgan fingerprint density at radius 3 is 2.39 bits per heavy atom. The van der Waals surface area contributed by atoms with Crippen molar-refractivity contribution in [1.82, 2.24) is 4.90 Å². The molecule has 0 aliphatic carbocycles. The fraction of sp³-hybridized carbons (Fsp3) is 0.708.